The molecule has 2 aromatic heterocycles. The number of aryl methyl sites for hydroxylation is 1. The summed E-state index contributed by atoms with van der Waals surface area (Å²) in [5.74, 6) is 0. The topological polar surface area (TPSA) is 58.1 Å². The molecule has 0 aliphatic carbocycles. The first-order valence-electron chi connectivity index (χ1n) is 7.71. The van der Waals surface area contributed by atoms with E-state index in [9.17, 15) is 4.79 Å². The fourth-order valence-corrected chi connectivity index (χ4v) is 4.53. The Morgan fingerprint density at radius 1 is 1.25 bits per heavy atom. The minimum atomic E-state index is -0.128. The van der Waals surface area contributed by atoms with Gasteiger partial charge in [0, 0.05) is 11.4 Å². The molecule has 0 bridgehead atoms. The van der Waals surface area contributed by atoms with Crippen LogP contribution in [0.4, 0.5) is 9.93 Å². The van der Waals surface area contributed by atoms with Gasteiger partial charge in [0.2, 0.25) is 5.13 Å². The van der Waals surface area contributed by atoms with Crippen molar-refractivity contribution < 1.29 is 4.79 Å². The Balaban J connectivity index is 1.67. The molecule has 0 saturated heterocycles. The zero-order valence-electron chi connectivity index (χ0n) is 13.1. The highest BCUT2D eigenvalue weighted by atomic mass is 32.1. The maximum Gasteiger partial charge on any atom is 0.324 e. The highest BCUT2D eigenvalue weighted by molar-refractivity contribution is 7.15. The fourth-order valence-electron chi connectivity index (χ4n) is 3.04. The zero-order chi connectivity index (χ0) is 16.5. The summed E-state index contributed by atoms with van der Waals surface area (Å²) in [6.07, 6.45) is 0.888. The normalized spacial score (nSPS) is 16.7. The van der Waals surface area contributed by atoms with Gasteiger partial charge >= 0.3 is 6.03 Å². The molecule has 24 heavy (non-hydrogen) atoms. The number of carbonyl (C=O) groups excluding carboxylic acids is 1. The third-order valence-electron chi connectivity index (χ3n) is 4.08. The van der Waals surface area contributed by atoms with Crippen LogP contribution < -0.4 is 5.32 Å². The number of aromatic nitrogens is 2. The van der Waals surface area contributed by atoms with E-state index in [0.717, 1.165) is 17.0 Å². The molecular weight excluding hydrogens is 340 g/mol. The van der Waals surface area contributed by atoms with E-state index in [-0.39, 0.29) is 12.1 Å². The molecule has 7 heteroatoms. The Bertz CT molecular complexity index is 858. The predicted octanol–water partition coefficient (Wildman–Crippen LogP) is 4.09. The van der Waals surface area contributed by atoms with Crippen molar-refractivity contribution in [1.82, 2.24) is 15.1 Å². The van der Waals surface area contributed by atoms with Crippen molar-refractivity contribution in [2.75, 3.05) is 11.9 Å². The van der Waals surface area contributed by atoms with E-state index >= 15 is 0 Å². The molecule has 1 aliphatic heterocycles. The second-order valence-electron chi connectivity index (χ2n) is 5.61. The molecule has 2 amide bonds. The van der Waals surface area contributed by atoms with E-state index in [1.54, 1.807) is 11.3 Å². The predicted molar refractivity (Wildman–Crippen MR) is 96.7 cm³/mol. The second-order valence-corrected chi connectivity index (χ2v) is 7.79. The van der Waals surface area contributed by atoms with E-state index in [1.807, 2.05) is 30.0 Å². The molecular formula is C17H16N4OS2. The standard InChI is InChI=1S/C17H16N4OS2/c1-11-19-20-16(24-11)18-17(22)21-9-7-14-13(8-10-23-14)15(21)12-5-3-2-4-6-12/h2-6,8,10,15H,7,9H2,1H3,(H,18,20,22)/t15-/m0/s1. The van der Waals surface area contributed by atoms with E-state index in [0.29, 0.717) is 11.7 Å². The largest absolute Gasteiger partial charge is 0.324 e. The number of hydrogen-bond acceptors (Lipinski definition) is 5. The van der Waals surface area contributed by atoms with E-state index < -0.39 is 0 Å². The Hall–Kier alpha value is -2.25. The quantitative estimate of drug-likeness (QED) is 0.752. The van der Waals surface area contributed by atoms with Gasteiger partial charge in [-0.2, -0.15) is 0 Å². The number of fused-ring (bicyclic) bond motifs is 1. The van der Waals surface area contributed by atoms with E-state index in [1.165, 1.54) is 21.8 Å². The summed E-state index contributed by atoms with van der Waals surface area (Å²) < 4.78 is 0. The number of anilines is 1. The highest BCUT2D eigenvalue weighted by Gasteiger charge is 2.33. The zero-order valence-corrected chi connectivity index (χ0v) is 14.7. The van der Waals surface area contributed by atoms with Crippen LogP contribution in [-0.2, 0) is 6.42 Å². The first kappa shape index (κ1) is 15.3. The van der Waals surface area contributed by atoms with Crippen LogP contribution in [0.2, 0.25) is 0 Å². The number of benzene rings is 1. The van der Waals surface area contributed by atoms with Crippen molar-refractivity contribution in [3.8, 4) is 0 Å². The number of carbonyl (C=O) groups is 1. The summed E-state index contributed by atoms with van der Waals surface area (Å²) in [6, 6.07) is 12.1. The lowest BCUT2D eigenvalue weighted by molar-refractivity contribution is 0.194. The van der Waals surface area contributed by atoms with Crippen LogP contribution in [0.1, 0.15) is 27.1 Å². The van der Waals surface area contributed by atoms with Crippen molar-refractivity contribution >= 4 is 33.8 Å². The minimum Gasteiger partial charge on any atom is -0.313 e. The van der Waals surface area contributed by atoms with E-state index in [2.05, 4.69) is 39.1 Å². The molecule has 1 aromatic carbocycles. The van der Waals surface area contributed by atoms with Gasteiger partial charge in [0.25, 0.3) is 0 Å². The van der Waals surface area contributed by atoms with Gasteiger partial charge < -0.3 is 4.90 Å². The Morgan fingerprint density at radius 3 is 2.83 bits per heavy atom. The molecule has 3 aromatic rings. The lowest BCUT2D eigenvalue weighted by atomic mass is 9.93. The van der Waals surface area contributed by atoms with Gasteiger partial charge in [-0.1, -0.05) is 41.7 Å². The second kappa shape index (κ2) is 6.33. The molecule has 4 rings (SSSR count). The molecule has 122 valence electrons. The average Bonchev–Trinajstić information content (AvgIpc) is 3.23. The Kier molecular flexibility index (Phi) is 4.03. The average molecular weight is 356 g/mol. The molecule has 1 N–H and O–H groups in total. The molecule has 5 nitrogen and oxygen atoms in total. The van der Waals surface area contributed by atoms with Crippen molar-refractivity contribution in [3.63, 3.8) is 0 Å². The van der Waals surface area contributed by atoms with Crippen molar-refractivity contribution in [3.05, 3.63) is 62.8 Å². The summed E-state index contributed by atoms with van der Waals surface area (Å²) in [6.45, 7) is 2.56. The van der Waals surface area contributed by atoms with Crippen LogP contribution in [0.5, 0.6) is 0 Å². The molecule has 0 saturated carbocycles. The number of urea groups is 1. The van der Waals surface area contributed by atoms with E-state index in [4.69, 9.17) is 0 Å². The molecule has 1 aliphatic rings. The summed E-state index contributed by atoms with van der Waals surface area (Å²) in [4.78, 5) is 16.1. The third-order valence-corrected chi connectivity index (χ3v) is 5.83. The smallest absolute Gasteiger partial charge is 0.313 e. The number of hydrogen-bond donors (Lipinski definition) is 1. The lowest BCUT2D eigenvalue weighted by Gasteiger charge is -2.36. The number of rotatable bonds is 2. The molecule has 0 unspecified atom stereocenters. The molecule has 0 fully saturated rings. The number of amides is 2. The maximum absolute atomic E-state index is 12.8. The first-order valence-corrected chi connectivity index (χ1v) is 9.41. The monoisotopic (exact) mass is 356 g/mol. The van der Waals surface area contributed by atoms with Crippen LogP contribution in [-0.4, -0.2) is 27.7 Å². The molecule has 1 atom stereocenters. The molecule has 3 heterocycles. The summed E-state index contributed by atoms with van der Waals surface area (Å²) >= 11 is 3.15. The van der Waals surface area contributed by atoms with Gasteiger partial charge in [-0.3, -0.25) is 5.32 Å². The first-order chi connectivity index (χ1) is 11.7. The third kappa shape index (κ3) is 2.81. The summed E-state index contributed by atoms with van der Waals surface area (Å²) in [7, 11) is 0. The maximum atomic E-state index is 12.8. The molecule has 0 spiro atoms. The number of thiophene rings is 1. The van der Waals surface area contributed by atoms with Crippen LogP contribution in [0.15, 0.2) is 41.8 Å². The number of nitrogens with one attached hydrogen (secondary N) is 1. The van der Waals surface area contributed by atoms with Crippen molar-refractivity contribution in [2.45, 2.75) is 19.4 Å². The number of nitrogens with zero attached hydrogens (tertiary/aromatic N) is 3. The van der Waals surface area contributed by atoms with Crippen molar-refractivity contribution in [1.29, 1.82) is 0 Å². The van der Waals surface area contributed by atoms with Gasteiger partial charge in [0.15, 0.2) is 0 Å². The fraction of sp³-hybridized carbons (Fsp3) is 0.235. The lowest BCUT2D eigenvalue weighted by Crippen LogP contribution is -2.42. The Morgan fingerprint density at radius 2 is 2.08 bits per heavy atom. The molecule has 0 radical (unpaired) electrons. The summed E-state index contributed by atoms with van der Waals surface area (Å²) in [5.41, 5.74) is 2.35. The van der Waals surface area contributed by atoms with Crippen LogP contribution in [0.25, 0.3) is 0 Å². The highest BCUT2D eigenvalue weighted by Crippen LogP contribution is 2.38. The SMILES string of the molecule is Cc1nnc(NC(=O)N2CCc3sccc3[C@@H]2c2ccccc2)s1. The van der Waals surface area contributed by atoms with Gasteiger partial charge in [-0.25, -0.2) is 4.79 Å². The summed E-state index contributed by atoms with van der Waals surface area (Å²) in [5, 5.41) is 14.3. The van der Waals surface area contributed by atoms with Crippen molar-refractivity contribution in [2.24, 2.45) is 0 Å². The van der Waals surface area contributed by atoms with Gasteiger partial charge in [-0.05, 0) is 35.9 Å². The minimum absolute atomic E-state index is 0.0600. The van der Waals surface area contributed by atoms with Gasteiger partial charge in [-0.15, -0.1) is 21.5 Å². The van der Waals surface area contributed by atoms with Crippen LogP contribution in [0.3, 0.4) is 0 Å². The van der Waals surface area contributed by atoms with Gasteiger partial charge in [0.1, 0.15) is 5.01 Å². The van der Waals surface area contributed by atoms with Crippen LogP contribution in [0, 0.1) is 6.92 Å². The van der Waals surface area contributed by atoms with Crippen LogP contribution >= 0.6 is 22.7 Å². The Labute approximate surface area is 148 Å². The van der Waals surface area contributed by atoms with Gasteiger partial charge in [0.05, 0.1) is 6.04 Å².